The van der Waals surface area contributed by atoms with E-state index in [1.807, 2.05) is 0 Å². The molecule has 1 aliphatic rings. The lowest BCUT2D eigenvalue weighted by Crippen LogP contribution is -2.42. The van der Waals surface area contributed by atoms with E-state index in [4.69, 9.17) is 0 Å². The van der Waals surface area contributed by atoms with E-state index in [0.29, 0.717) is 0 Å². The van der Waals surface area contributed by atoms with Crippen molar-refractivity contribution in [3.63, 3.8) is 0 Å². The van der Waals surface area contributed by atoms with E-state index in [1.165, 1.54) is 5.67 Å². The lowest BCUT2D eigenvalue weighted by Gasteiger charge is -2.34. The van der Waals surface area contributed by atoms with Gasteiger partial charge < -0.3 is 0 Å². The molecule has 0 unspecified atom stereocenters. The van der Waals surface area contributed by atoms with Gasteiger partial charge in [-0.2, -0.15) is 0 Å². The van der Waals surface area contributed by atoms with Crippen LogP contribution in [0, 0.1) is 31.2 Å². The van der Waals surface area contributed by atoms with E-state index in [0.717, 1.165) is 0 Å². The highest BCUT2D eigenvalue weighted by Crippen LogP contribution is 2.36. The van der Waals surface area contributed by atoms with Crippen LogP contribution in [0.4, 0.5) is 0 Å². The van der Waals surface area contributed by atoms with Gasteiger partial charge in [0.25, 0.3) is 0 Å². The number of hydrogen-bond donors (Lipinski definition) is 0. The van der Waals surface area contributed by atoms with Crippen molar-refractivity contribution in [2.75, 3.05) is 0 Å². The van der Waals surface area contributed by atoms with E-state index >= 15 is 0 Å². The molecule has 1 aliphatic carbocycles. The molecule has 73 valence electrons. The Morgan fingerprint density at radius 1 is 0.923 bits per heavy atom. The van der Waals surface area contributed by atoms with Crippen LogP contribution in [0.1, 0.15) is 0 Å². The highest BCUT2D eigenvalue weighted by Gasteiger charge is 2.37. The highest BCUT2D eigenvalue weighted by atomic mass is 28.4. The van der Waals surface area contributed by atoms with Gasteiger partial charge in [0.05, 0.1) is 8.07 Å². The van der Waals surface area contributed by atoms with Gasteiger partial charge in [-0.25, -0.2) is 0 Å². The van der Waals surface area contributed by atoms with Crippen LogP contribution in [-0.2, 0) is 0 Å². The molecule has 13 heavy (non-hydrogen) atoms. The molecule has 0 saturated heterocycles. The van der Waals surface area contributed by atoms with Gasteiger partial charge >= 0.3 is 0 Å². The van der Waals surface area contributed by atoms with E-state index in [9.17, 15) is 0 Å². The molecular weight excluding hydrogens is 188 g/mol. The van der Waals surface area contributed by atoms with Crippen LogP contribution >= 0.6 is 0 Å². The zero-order chi connectivity index (χ0) is 10.1. The Morgan fingerprint density at radius 2 is 1.38 bits per heavy atom. The summed E-state index contributed by atoms with van der Waals surface area (Å²) in [7, 11) is -1.99. The summed E-state index contributed by atoms with van der Waals surface area (Å²) in [6.07, 6.45) is 8.97. The van der Waals surface area contributed by atoms with Gasteiger partial charge in [-0.3, -0.25) is 0 Å². The quantitative estimate of drug-likeness (QED) is 0.624. The summed E-state index contributed by atoms with van der Waals surface area (Å²) in [5.74, 6) is 0. The van der Waals surface area contributed by atoms with Crippen LogP contribution in [-0.4, -0.2) is 16.1 Å². The minimum Gasteiger partial charge on any atom is -0.0698 e. The van der Waals surface area contributed by atoms with Gasteiger partial charge in [0.1, 0.15) is 0 Å². The molecule has 0 bridgehead atoms. The van der Waals surface area contributed by atoms with Crippen molar-refractivity contribution in [1.29, 1.82) is 0 Å². The molecule has 0 heterocycles. The first-order valence-corrected chi connectivity index (χ1v) is 11.9. The minimum atomic E-state index is -1.10. The molecule has 0 spiro atoms. The Morgan fingerprint density at radius 3 is 1.77 bits per heavy atom. The lowest BCUT2D eigenvalue weighted by atomic mass is 10.4. The maximum atomic E-state index is 2.50. The summed E-state index contributed by atoms with van der Waals surface area (Å²) in [4.78, 5) is 0. The summed E-state index contributed by atoms with van der Waals surface area (Å²) in [5.41, 5.74) is 3.14. The standard InChI is InChI=1S/C11H21Si2/c1-12(2,3)10-13(4,5)11-8-6-7-9-11/h6-9H,10H2,1-5H3. The number of hydrogen-bond acceptors (Lipinski definition) is 0. The molecule has 1 saturated carbocycles. The van der Waals surface area contributed by atoms with Crippen LogP contribution in [0.3, 0.4) is 0 Å². The van der Waals surface area contributed by atoms with Crippen LogP contribution < -0.4 is 0 Å². The van der Waals surface area contributed by atoms with Crippen LogP contribution in [0.2, 0.25) is 38.4 Å². The normalized spacial score (nSPS) is 21.0. The molecule has 0 nitrogen and oxygen atoms in total. The van der Waals surface area contributed by atoms with Crippen molar-refractivity contribution >= 4 is 16.1 Å². The van der Waals surface area contributed by atoms with Crippen molar-refractivity contribution < 1.29 is 0 Å². The van der Waals surface area contributed by atoms with Crippen molar-refractivity contribution in [1.82, 2.24) is 0 Å². The summed E-state index contributed by atoms with van der Waals surface area (Å²) in [6, 6.07) is 0. The second kappa shape index (κ2) is 3.89. The van der Waals surface area contributed by atoms with Crippen molar-refractivity contribution in [2.45, 2.75) is 38.4 Å². The molecule has 0 atom stereocenters. The fourth-order valence-corrected chi connectivity index (χ4v) is 14.8. The maximum Gasteiger partial charge on any atom is 0.0521 e. The molecule has 0 aromatic rings. The Labute approximate surface area is 86.1 Å². The van der Waals surface area contributed by atoms with Gasteiger partial charge in [-0.15, -0.1) is 0 Å². The largest absolute Gasteiger partial charge is 0.0698 e. The number of rotatable bonds is 3. The average molecular weight is 209 g/mol. The van der Waals surface area contributed by atoms with Gasteiger partial charge in [-0.1, -0.05) is 38.4 Å². The van der Waals surface area contributed by atoms with E-state index < -0.39 is 16.1 Å². The minimum absolute atomic E-state index is 0.887. The van der Waals surface area contributed by atoms with E-state index in [-0.39, 0.29) is 0 Å². The molecule has 0 aromatic heterocycles. The molecule has 5 radical (unpaired) electrons. The smallest absolute Gasteiger partial charge is 0.0521 e. The van der Waals surface area contributed by atoms with Crippen molar-refractivity contribution in [2.24, 2.45) is 0 Å². The fraction of sp³-hybridized carbons (Fsp3) is 0.545. The van der Waals surface area contributed by atoms with Gasteiger partial charge in [0.2, 0.25) is 0 Å². The van der Waals surface area contributed by atoms with Crippen LogP contribution in [0.15, 0.2) is 0 Å². The van der Waals surface area contributed by atoms with Gasteiger partial charge in [0, 0.05) is 8.07 Å². The predicted molar refractivity (Wildman–Crippen MR) is 66.1 cm³/mol. The second-order valence-corrected chi connectivity index (χ2v) is 16.7. The van der Waals surface area contributed by atoms with Gasteiger partial charge in [0.15, 0.2) is 0 Å². The third-order valence-electron chi connectivity index (χ3n) is 2.42. The molecule has 0 N–H and O–H groups in total. The maximum absolute atomic E-state index is 2.50. The van der Waals surface area contributed by atoms with E-state index in [2.05, 4.69) is 58.4 Å². The second-order valence-electron chi connectivity index (χ2n) is 5.79. The zero-order valence-electron chi connectivity index (χ0n) is 9.52. The third kappa shape index (κ3) is 3.58. The molecule has 0 aliphatic heterocycles. The fourth-order valence-electron chi connectivity index (χ4n) is 2.25. The van der Waals surface area contributed by atoms with Crippen molar-refractivity contribution in [3.8, 4) is 0 Å². The first kappa shape index (κ1) is 11.5. The SMILES string of the molecule is C[Si](C)(C)C[Si](C)(C)[C]1[CH][CH][CH][CH]1. The summed E-state index contributed by atoms with van der Waals surface area (Å²) in [5, 5.41) is 0. The highest BCUT2D eigenvalue weighted by molar-refractivity contribution is 6.97. The molecule has 0 aromatic carbocycles. The van der Waals surface area contributed by atoms with Crippen LogP contribution in [0.25, 0.3) is 0 Å². The Hall–Kier alpha value is 0.434. The summed E-state index contributed by atoms with van der Waals surface area (Å²) >= 11 is 0. The third-order valence-corrected chi connectivity index (χ3v) is 12.1. The molecule has 0 amide bonds. The van der Waals surface area contributed by atoms with Crippen LogP contribution in [0.5, 0.6) is 0 Å². The summed E-state index contributed by atoms with van der Waals surface area (Å²) < 4.78 is 0. The van der Waals surface area contributed by atoms with Crippen molar-refractivity contribution in [3.05, 3.63) is 31.2 Å². The topological polar surface area (TPSA) is 0 Å². The Balaban J connectivity index is 2.53. The summed E-state index contributed by atoms with van der Waals surface area (Å²) in [6.45, 7) is 12.4. The Kier molecular flexibility index (Phi) is 3.45. The van der Waals surface area contributed by atoms with Gasteiger partial charge in [-0.05, 0) is 31.2 Å². The molecule has 2 heteroatoms. The Bertz CT molecular complexity index is 161. The van der Waals surface area contributed by atoms with E-state index in [1.54, 1.807) is 5.54 Å². The monoisotopic (exact) mass is 209 g/mol. The molecule has 1 rings (SSSR count). The molecule has 1 fully saturated rings. The predicted octanol–water partition coefficient (Wildman–Crippen LogP) is 3.52. The first-order valence-electron chi connectivity index (χ1n) is 5.03. The molecular formula is C11H21Si2. The lowest BCUT2D eigenvalue weighted by molar-refractivity contribution is 1.36. The first-order chi connectivity index (χ1) is 5.81. The zero-order valence-corrected chi connectivity index (χ0v) is 11.5. The average Bonchev–Trinajstić information content (AvgIpc) is 2.29.